The van der Waals surface area contributed by atoms with Gasteiger partial charge in [0.2, 0.25) is 0 Å². The molecule has 68 heavy (non-hydrogen) atoms. The van der Waals surface area contributed by atoms with Crippen molar-refractivity contribution in [2.75, 3.05) is 4.90 Å². The summed E-state index contributed by atoms with van der Waals surface area (Å²) in [4.78, 5) is 2.34. The molecule has 0 N–H and O–H groups in total. The fourth-order valence-electron chi connectivity index (χ4n) is 10.6. The van der Waals surface area contributed by atoms with Crippen LogP contribution in [0.2, 0.25) is 0 Å². The fourth-order valence-corrected chi connectivity index (χ4v) is 10.6. The van der Waals surface area contributed by atoms with Gasteiger partial charge in [-0.25, -0.2) is 0 Å². The molecular formula is C65H44N2O. The van der Waals surface area contributed by atoms with Gasteiger partial charge >= 0.3 is 0 Å². The second-order valence-electron chi connectivity index (χ2n) is 17.7. The van der Waals surface area contributed by atoms with E-state index in [2.05, 4.69) is 252 Å². The highest BCUT2D eigenvalue weighted by Crippen LogP contribution is 2.45. The van der Waals surface area contributed by atoms with Crippen molar-refractivity contribution in [1.29, 1.82) is 0 Å². The SMILES string of the molecule is C1#CC(N(c2ccc(-c3ccc(-c4ccccc4)cc3)cc2)c2ccccc2-c2cccc3oc4c5ccccc5ccc4c23)=CC=C(c2ccccc2-n2c3c(c4ccccc42)C=CCC3)C1. The Hall–Kier alpha value is -8.84. The Morgan fingerprint density at radius 1 is 0.515 bits per heavy atom. The molecular weight excluding hydrogens is 825 g/mol. The molecule has 0 fully saturated rings. The van der Waals surface area contributed by atoms with Crippen LogP contribution in [0.25, 0.3) is 94.3 Å². The number of aromatic nitrogens is 1. The van der Waals surface area contributed by atoms with E-state index in [-0.39, 0.29) is 0 Å². The number of anilines is 2. The van der Waals surface area contributed by atoms with Gasteiger partial charge < -0.3 is 13.9 Å². The molecule has 2 aliphatic rings. The Bertz CT molecular complexity index is 3920. The minimum atomic E-state index is 0.611. The van der Waals surface area contributed by atoms with E-state index >= 15 is 0 Å². The maximum absolute atomic E-state index is 6.72. The van der Waals surface area contributed by atoms with Crippen LogP contribution < -0.4 is 4.90 Å². The molecule has 2 aromatic heterocycles. The Morgan fingerprint density at radius 3 is 2.03 bits per heavy atom. The average Bonchev–Trinajstić information content (AvgIpc) is 3.86. The number of fused-ring (bicyclic) bond motifs is 8. The number of nitrogens with zero attached hydrogens (tertiary/aromatic N) is 2. The molecule has 0 aliphatic heterocycles. The predicted octanol–water partition coefficient (Wildman–Crippen LogP) is 17.2. The highest BCUT2D eigenvalue weighted by atomic mass is 16.3. The van der Waals surface area contributed by atoms with Gasteiger partial charge in [0.15, 0.2) is 0 Å². The second-order valence-corrected chi connectivity index (χ2v) is 17.7. The summed E-state index contributed by atoms with van der Waals surface area (Å²) in [6.45, 7) is 0. The number of benzene rings is 9. The fraction of sp³-hybridized carbons (Fsp3) is 0.0462. The lowest BCUT2D eigenvalue weighted by atomic mass is 9.96. The molecule has 9 aromatic carbocycles. The number of allylic oxidation sites excluding steroid dienone is 5. The molecule has 3 nitrogen and oxygen atoms in total. The van der Waals surface area contributed by atoms with Crippen molar-refractivity contribution < 1.29 is 4.42 Å². The lowest BCUT2D eigenvalue weighted by molar-refractivity contribution is 0.673. The topological polar surface area (TPSA) is 21.3 Å². The smallest absolute Gasteiger partial charge is 0.143 e. The van der Waals surface area contributed by atoms with Crippen molar-refractivity contribution in [3.8, 4) is 50.9 Å². The molecule has 0 saturated carbocycles. The standard InChI is InChI=1S/C65H44N2O/c1-2-16-44(17-3-1)45-32-34-46(35-33-45)47-36-40-51(41-37-47)66(60-28-11-9-25-56(60)57-26-15-31-63-64(57)58-43-39-49-18-4-5-22-53(49)65(58)68-63)50-20-14-19-48(38-42-50)52-21-6-10-27-59(52)67-61-29-12-7-23-54(61)55-24-8-13-30-62(55)67/h1-12,15-18,21-29,31-43H,13,19,30H2. The van der Waals surface area contributed by atoms with Gasteiger partial charge in [-0.15, -0.1) is 0 Å². The summed E-state index contributed by atoms with van der Waals surface area (Å²) in [7, 11) is 0. The number of rotatable bonds is 8. The van der Waals surface area contributed by atoms with Gasteiger partial charge in [-0.2, -0.15) is 0 Å². The van der Waals surface area contributed by atoms with E-state index in [4.69, 9.17) is 4.42 Å². The van der Waals surface area contributed by atoms with Gasteiger partial charge in [0.05, 0.1) is 22.6 Å². The van der Waals surface area contributed by atoms with Crippen LogP contribution in [0.4, 0.5) is 11.4 Å². The quantitative estimate of drug-likeness (QED) is 0.142. The molecule has 3 heteroatoms. The van der Waals surface area contributed by atoms with Crippen LogP contribution in [0.5, 0.6) is 0 Å². The van der Waals surface area contributed by atoms with Crippen molar-refractivity contribution >= 4 is 66.6 Å². The number of hydrogen-bond donors (Lipinski definition) is 0. The Balaban J connectivity index is 0.958. The lowest BCUT2D eigenvalue weighted by Gasteiger charge is -2.28. The van der Waals surface area contributed by atoms with Gasteiger partial charge in [0.25, 0.3) is 0 Å². The van der Waals surface area contributed by atoms with Crippen LogP contribution >= 0.6 is 0 Å². The molecule has 2 aliphatic carbocycles. The Labute approximate surface area is 395 Å². The molecule has 320 valence electrons. The zero-order chi connectivity index (χ0) is 45.0. The first kappa shape index (κ1) is 39.5. The number of hydrogen-bond acceptors (Lipinski definition) is 2. The highest BCUT2D eigenvalue weighted by molar-refractivity contribution is 6.19. The number of furan rings is 1. The summed E-state index contributed by atoms with van der Waals surface area (Å²) in [6.07, 6.45) is 11.8. The molecule has 0 radical (unpaired) electrons. The third-order valence-electron chi connectivity index (χ3n) is 13.8. The van der Waals surface area contributed by atoms with Gasteiger partial charge in [-0.1, -0.05) is 188 Å². The lowest BCUT2D eigenvalue weighted by Crippen LogP contribution is -2.16. The summed E-state index contributed by atoms with van der Waals surface area (Å²) < 4.78 is 9.21. The van der Waals surface area contributed by atoms with E-state index in [0.29, 0.717) is 6.42 Å². The Morgan fingerprint density at radius 2 is 1.19 bits per heavy atom. The third-order valence-corrected chi connectivity index (χ3v) is 13.8. The van der Waals surface area contributed by atoms with E-state index in [1.165, 1.54) is 55.7 Å². The summed E-state index contributed by atoms with van der Waals surface area (Å²) in [5, 5.41) is 5.77. The van der Waals surface area contributed by atoms with Crippen molar-refractivity contribution in [3.05, 3.63) is 247 Å². The van der Waals surface area contributed by atoms with E-state index in [1.54, 1.807) is 0 Å². The van der Waals surface area contributed by atoms with Crippen LogP contribution in [0.3, 0.4) is 0 Å². The number of para-hydroxylation sites is 3. The molecule has 0 bridgehead atoms. The van der Waals surface area contributed by atoms with E-state index in [0.717, 1.165) is 79.3 Å². The molecule has 0 unspecified atom stereocenters. The van der Waals surface area contributed by atoms with Crippen molar-refractivity contribution in [3.63, 3.8) is 0 Å². The van der Waals surface area contributed by atoms with Crippen molar-refractivity contribution in [2.24, 2.45) is 0 Å². The first-order chi connectivity index (χ1) is 33.7. The molecule has 0 amide bonds. The van der Waals surface area contributed by atoms with Crippen molar-refractivity contribution in [2.45, 2.75) is 19.3 Å². The minimum absolute atomic E-state index is 0.611. The summed E-state index contributed by atoms with van der Waals surface area (Å²) in [5.41, 5.74) is 19.2. The van der Waals surface area contributed by atoms with Crippen LogP contribution in [0.15, 0.2) is 235 Å². The van der Waals surface area contributed by atoms with Gasteiger partial charge in [0.1, 0.15) is 11.2 Å². The van der Waals surface area contributed by atoms with Crippen LogP contribution in [0.1, 0.15) is 29.7 Å². The molecule has 0 atom stereocenters. The van der Waals surface area contributed by atoms with E-state index in [9.17, 15) is 0 Å². The first-order valence-corrected chi connectivity index (χ1v) is 23.5. The minimum Gasteiger partial charge on any atom is -0.455 e. The molecule has 0 saturated heterocycles. The predicted molar refractivity (Wildman–Crippen MR) is 285 cm³/mol. The maximum Gasteiger partial charge on any atom is 0.143 e. The van der Waals surface area contributed by atoms with Crippen molar-refractivity contribution in [1.82, 2.24) is 4.57 Å². The van der Waals surface area contributed by atoms with E-state index in [1.807, 2.05) is 0 Å². The summed E-state index contributed by atoms with van der Waals surface area (Å²) in [5.74, 6) is 7.35. The maximum atomic E-state index is 6.72. The van der Waals surface area contributed by atoms with Gasteiger partial charge in [0, 0.05) is 56.0 Å². The molecule has 0 spiro atoms. The molecule has 13 rings (SSSR count). The van der Waals surface area contributed by atoms with Crippen LogP contribution in [-0.2, 0) is 6.42 Å². The first-order valence-electron chi connectivity index (χ1n) is 23.5. The van der Waals surface area contributed by atoms with Crippen LogP contribution in [0, 0.1) is 11.8 Å². The average molecular weight is 869 g/mol. The normalized spacial score (nSPS) is 13.2. The second kappa shape index (κ2) is 16.5. The van der Waals surface area contributed by atoms with Gasteiger partial charge in [-0.3, -0.25) is 0 Å². The summed E-state index contributed by atoms with van der Waals surface area (Å²) in [6, 6.07) is 74.1. The zero-order valence-electron chi connectivity index (χ0n) is 37.4. The largest absolute Gasteiger partial charge is 0.455 e. The van der Waals surface area contributed by atoms with Crippen LogP contribution in [-0.4, -0.2) is 4.57 Å². The Kier molecular flexibility index (Phi) is 9.62. The highest BCUT2D eigenvalue weighted by Gasteiger charge is 2.24. The molecule has 11 aromatic rings. The zero-order valence-corrected chi connectivity index (χ0v) is 37.4. The molecule has 2 heterocycles. The van der Waals surface area contributed by atoms with Gasteiger partial charge in [-0.05, 0) is 106 Å². The monoisotopic (exact) mass is 868 g/mol. The van der Waals surface area contributed by atoms with E-state index < -0.39 is 0 Å². The third kappa shape index (κ3) is 6.69. The summed E-state index contributed by atoms with van der Waals surface area (Å²) >= 11 is 0.